The molecule has 0 saturated carbocycles. The average molecular weight is 214 g/mol. The van der Waals surface area contributed by atoms with Gasteiger partial charge in [0.1, 0.15) is 5.01 Å². The van der Waals surface area contributed by atoms with Crippen LogP contribution in [0.2, 0.25) is 0 Å². The monoisotopic (exact) mass is 214 g/mol. The summed E-state index contributed by atoms with van der Waals surface area (Å²) in [5.41, 5.74) is 0. The van der Waals surface area contributed by atoms with Gasteiger partial charge in [-0.05, 0) is 24.3 Å². The number of hydrogen-bond donors (Lipinski definition) is 1. The maximum Gasteiger partial charge on any atom is 0.106 e. The number of thiazole rings is 1. The quantitative estimate of drug-likeness (QED) is 0.834. The Bertz CT molecular complexity index is 230. The molecule has 0 aliphatic carbocycles. The lowest BCUT2D eigenvalue weighted by atomic mass is 10.1. The predicted octanol–water partition coefficient (Wildman–Crippen LogP) is 2.13. The molecule has 13 heavy (non-hydrogen) atoms. The van der Waals surface area contributed by atoms with E-state index >= 15 is 0 Å². The van der Waals surface area contributed by atoms with Gasteiger partial charge in [0.15, 0.2) is 0 Å². The van der Waals surface area contributed by atoms with Crippen LogP contribution in [0.3, 0.4) is 0 Å². The van der Waals surface area contributed by atoms with Crippen molar-refractivity contribution in [3.63, 3.8) is 0 Å². The molecule has 1 aliphatic rings. The minimum absolute atomic E-state index is 0.727. The number of thioether (sulfide) groups is 1. The summed E-state index contributed by atoms with van der Waals surface area (Å²) in [6, 6.07) is 0.727. The molecule has 1 N–H and O–H groups in total. The summed E-state index contributed by atoms with van der Waals surface area (Å²) in [4.78, 5) is 4.25. The van der Waals surface area contributed by atoms with E-state index in [1.807, 2.05) is 11.6 Å². The first-order valence-electron chi connectivity index (χ1n) is 4.64. The molecular formula is C9H14N2S2. The van der Waals surface area contributed by atoms with Gasteiger partial charge < -0.3 is 5.32 Å². The van der Waals surface area contributed by atoms with E-state index in [0.717, 1.165) is 12.6 Å². The largest absolute Gasteiger partial charge is 0.308 e. The molecule has 1 aromatic rings. The highest BCUT2D eigenvalue weighted by Gasteiger charge is 2.12. The van der Waals surface area contributed by atoms with Crippen LogP contribution < -0.4 is 5.32 Å². The fraction of sp³-hybridized carbons (Fsp3) is 0.667. The molecule has 1 saturated heterocycles. The average Bonchev–Trinajstić information content (AvgIpc) is 2.69. The smallest absolute Gasteiger partial charge is 0.106 e. The van der Waals surface area contributed by atoms with Crippen molar-refractivity contribution in [3.05, 3.63) is 16.6 Å². The van der Waals surface area contributed by atoms with Crippen LogP contribution >= 0.6 is 23.1 Å². The van der Waals surface area contributed by atoms with Crippen LogP contribution in [0.5, 0.6) is 0 Å². The van der Waals surface area contributed by atoms with Crippen LogP contribution in [-0.4, -0.2) is 22.5 Å². The number of nitrogens with zero attached hydrogens (tertiary/aromatic N) is 1. The molecule has 2 rings (SSSR count). The zero-order valence-electron chi connectivity index (χ0n) is 7.53. The van der Waals surface area contributed by atoms with E-state index in [-0.39, 0.29) is 0 Å². The van der Waals surface area contributed by atoms with Crippen molar-refractivity contribution in [3.8, 4) is 0 Å². The molecule has 1 aromatic heterocycles. The fourth-order valence-electron chi connectivity index (χ4n) is 1.47. The van der Waals surface area contributed by atoms with Gasteiger partial charge in [-0.3, -0.25) is 0 Å². The van der Waals surface area contributed by atoms with Crippen molar-refractivity contribution in [2.24, 2.45) is 0 Å². The van der Waals surface area contributed by atoms with E-state index in [0.29, 0.717) is 0 Å². The summed E-state index contributed by atoms with van der Waals surface area (Å²) in [5.74, 6) is 2.63. The molecule has 1 aliphatic heterocycles. The van der Waals surface area contributed by atoms with Crippen molar-refractivity contribution < 1.29 is 0 Å². The summed E-state index contributed by atoms with van der Waals surface area (Å²) in [6.45, 7) is 0.951. The SMILES string of the molecule is c1csc(CNC2CCSCC2)n1. The van der Waals surface area contributed by atoms with E-state index in [9.17, 15) is 0 Å². The Balaban J connectivity index is 1.72. The van der Waals surface area contributed by atoms with Gasteiger partial charge >= 0.3 is 0 Å². The predicted molar refractivity (Wildman–Crippen MR) is 59.3 cm³/mol. The van der Waals surface area contributed by atoms with Crippen molar-refractivity contribution in [2.75, 3.05) is 11.5 Å². The summed E-state index contributed by atoms with van der Waals surface area (Å²) >= 11 is 3.80. The molecule has 0 amide bonds. The van der Waals surface area contributed by atoms with Crippen LogP contribution in [0.1, 0.15) is 17.8 Å². The second kappa shape index (κ2) is 4.98. The second-order valence-corrected chi connectivity index (χ2v) is 5.40. The van der Waals surface area contributed by atoms with E-state index in [1.165, 1.54) is 29.4 Å². The number of hydrogen-bond acceptors (Lipinski definition) is 4. The molecule has 0 aromatic carbocycles. The Kier molecular flexibility index (Phi) is 3.64. The summed E-state index contributed by atoms with van der Waals surface area (Å²) in [6.07, 6.45) is 4.50. The van der Waals surface area contributed by atoms with Crippen molar-refractivity contribution in [1.29, 1.82) is 0 Å². The molecule has 0 bridgehead atoms. The fourth-order valence-corrected chi connectivity index (χ4v) is 3.15. The Morgan fingerprint density at radius 1 is 1.46 bits per heavy atom. The molecule has 0 spiro atoms. The lowest BCUT2D eigenvalue weighted by Crippen LogP contribution is -2.31. The van der Waals surface area contributed by atoms with Gasteiger partial charge in [-0.15, -0.1) is 11.3 Å². The van der Waals surface area contributed by atoms with Crippen LogP contribution in [-0.2, 0) is 6.54 Å². The third-order valence-electron chi connectivity index (χ3n) is 2.25. The van der Waals surface area contributed by atoms with Gasteiger partial charge in [-0.2, -0.15) is 11.8 Å². The van der Waals surface area contributed by atoms with Gasteiger partial charge in [0.2, 0.25) is 0 Å². The maximum absolute atomic E-state index is 4.25. The molecule has 2 nitrogen and oxygen atoms in total. The molecular weight excluding hydrogens is 200 g/mol. The Morgan fingerprint density at radius 3 is 3.00 bits per heavy atom. The number of aromatic nitrogens is 1. The van der Waals surface area contributed by atoms with Gasteiger partial charge in [-0.25, -0.2) is 4.98 Å². The molecule has 0 radical (unpaired) electrons. The lowest BCUT2D eigenvalue weighted by Gasteiger charge is -2.21. The summed E-state index contributed by atoms with van der Waals surface area (Å²) < 4.78 is 0. The number of rotatable bonds is 3. The summed E-state index contributed by atoms with van der Waals surface area (Å²) in [5, 5.41) is 6.80. The topological polar surface area (TPSA) is 24.9 Å². The lowest BCUT2D eigenvalue weighted by molar-refractivity contribution is 0.481. The first kappa shape index (κ1) is 9.49. The van der Waals surface area contributed by atoms with Gasteiger partial charge in [0, 0.05) is 24.2 Å². The van der Waals surface area contributed by atoms with Gasteiger partial charge in [0.25, 0.3) is 0 Å². The first-order chi connectivity index (χ1) is 6.45. The highest BCUT2D eigenvalue weighted by Crippen LogP contribution is 2.17. The molecule has 0 unspecified atom stereocenters. The first-order valence-corrected chi connectivity index (χ1v) is 6.68. The highest BCUT2D eigenvalue weighted by atomic mass is 32.2. The third-order valence-corrected chi connectivity index (χ3v) is 4.08. The van der Waals surface area contributed by atoms with Crippen molar-refractivity contribution in [2.45, 2.75) is 25.4 Å². The second-order valence-electron chi connectivity index (χ2n) is 3.19. The molecule has 72 valence electrons. The Labute approximate surface area is 87.1 Å². The normalized spacial score (nSPS) is 19.1. The van der Waals surface area contributed by atoms with Crippen LogP contribution in [0.25, 0.3) is 0 Å². The Morgan fingerprint density at radius 2 is 2.31 bits per heavy atom. The van der Waals surface area contributed by atoms with Crippen LogP contribution in [0, 0.1) is 0 Å². The van der Waals surface area contributed by atoms with Gasteiger partial charge in [-0.1, -0.05) is 0 Å². The zero-order valence-corrected chi connectivity index (χ0v) is 9.16. The van der Waals surface area contributed by atoms with Gasteiger partial charge in [0.05, 0.1) is 0 Å². The molecule has 4 heteroatoms. The maximum atomic E-state index is 4.25. The van der Waals surface area contributed by atoms with E-state index < -0.39 is 0 Å². The Hall–Kier alpha value is -0.0600. The van der Waals surface area contributed by atoms with Crippen molar-refractivity contribution >= 4 is 23.1 Å². The van der Waals surface area contributed by atoms with E-state index in [1.54, 1.807) is 11.3 Å². The molecule has 2 heterocycles. The molecule has 0 atom stereocenters. The van der Waals surface area contributed by atoms with E-state index in [4.69, 9.17) is 0 Å². The van der Waals surface area contributed by atoms with E-state index in [2.05, 4.69) is 22.1 Å². The van der Waals surface area contributed by atoms with Crippen molar-refractivity contribution in [1.82, 2.24) is 10.3 Å². The molecule has 1 fully saturated rings. The zero-order chi connectivity index (χ0) is 8.93. The third kappa shape index (κ3) is 2.97. The summed E-state index contributed by atoms with van der Waals surface area (Å²) in [7, 11) is 0. The van der Waals surface area contributed by atoms with Crippen LogP contribution in [0.4, 0.5) is 0 Å². The minimum Gasteiger partial charge on any atom is -0.308 e. The number of nitrogens with one attached hydrogen (secondary N) is 1. The van der Waals surface area contributed by atoms with Crippen LogP contribution in [0.15, 0.2) is 11.6 Å². The standard InChI is InChI=1S/C9H14N2S2/c1-4-12-5-2-8(1)11-7-9-10-3-6-13-9/h3,6,8,11H,1-2,4-5,7H2. The highest BCUT2D eigenvalue weighted by molar-refractivity contribution is 7.99. The minimum atomic E-state index is 0.727.